The third-order valence-electron chi connectivity index (χ3n) is 1.77. The molecule has 0 amide bonds. The van der Waals surface area contributed by atoms with Crippen LogP contribution in [0, 0.1) is 12.8 Å². The Hall–Kier alpha value is -0.110. The van der Waals surface area contributed by atoms with Crippen molar-refractivity contribution in [3.63, 3.8) is 0 Å². The maximum atomic E-state index is 5.65. The third kappa shape index (κ3) is 4.96. The van der Waals surface area contributed by atoms with Crippen molar-refractivity contribution in [1.29, 1.82) is 0 Å². The largest absolute Gasteiger partial charge is 0.439 e. The number of hydrogen-bond donors (Lipinski definition) is 0. The van der Waals surface area contributed by atoms with Gasteiger partial charge in [-0.3, -0.25) is 0 Å². The molecule has 1 unspecified atom stereocenters. The van der Waals surface area contributed by atoms with Gasteiger partial charge in [-0.15, -0.1) is 0 Å². The fourth-order valence-electron chi connectivity index (χ4n) is 0.970. The molecule has 1 aromatic carbocycles. The van der Waals surface area contributed by atoms with E-state index in [1.54, 1.807) is 0 Å². The molecule has 1 rings (SSSR count). The predicted octanol–water partition coefficient (Wildman–Crippen LogP) is 4.67. The van der Waals surface area contributed by atoms with Gasteiger partial charge in [0.1, 0.15) is 5.75 Å². The zero-order valence-corrected chi connectivity index (χ0v) is 11.7. The summed E-state index contributed by atoms with van der Waals surface area (Å²) in [5, 5.41) is 0. The Morgan fingerprint density at radius 3 is 2.60 bits per heavy atom. The Labute approximate surface area is 101 Å². The van der Waals surface area contributed by atoms with E-state index in [4.69, 9.17) is 9.05 Å². The van der Waals surface area contributed by atoms with E-state index in [1.165, 1.54) is 0 Å². The van der Waals surface area contributed by atoms with Gasteiger partial charge >= 0.3 is 7.08 Å². The molecule has 0 radical (unpaired) electrons. The van der Waals surface area contributed by atoms with Crippen LogP contribution in [0.5, 0.6) is 5.75 Å². The van der Waals surface area contributed by atoms with E-state index in [9.17, 15) is 0 Å². The lowest BCUT2D eigenvalue weighted by atomic mass is 10.2. The number of rotatable bonds is 5. The SMILES string of the molecule is Cc1ccccc1OP(Br)OCC(C)C. The Morgan fingerprint density at radius 2 is 2.00 bits per heavy atom. The highest BCUT2D eigenvalue weighted by Crippen LogP contribution is 2.47. The molecule has 0 spiro atoms. The first-order chi connectivity index (χ1) is 7.09. The zero-order chi connectivity index (χ0) is 11.3. The zero-order valence-electron chi connectivity index (χ0n) is 9.24. The summed E-state index contributed by atoms with van der Waals surface area (Å²) in [6.45, 7) is 6.96. The van der Waals surface area contributed by atoms with Gasteiger partial charge in [-0.25, -0.2) is 0 Å². The van der Waals surface area contributed by atoms with Crippen molar-refractivity contribution < 1.29 is 9.05 Å². The van der Waals surface area contributed by atoms with Crippen molar-refractivity contribution in [2.24, 2.45) is 5.92 Å². The number of para-hydroxylation sites is 1. The van der Waals surface area contributed by atoms with Gasteiger partial charge in [-0.2, -0.15) is 0 Å². The van der Waals surface area contributed by atoms with Gasteiger partial charge in [-0.1, -0.05) is 32.0 Å². The molecular weight excluding hydrogens is 275 g/mol. The van der Waals surface area contributed by atoms with Crippen molar-refractivity contribution in [2.75, 3.05) is 6.61 Å². The molecule has 0 N–H and O–H groups in total. The minimum atomic E-state index is -0.993. The van der Waals surface area contributed by atoms with E-state index in [0.29, 0.717) is 12.5 Å². The molecule has 84 valence electrons. The second kappa shape index (κ2) is 6.47. The molecule has 4 heteroatoms. The van der Waals surface area contributed by atoms with Gasteiger partial charge in [0.2, 0.25) is 0 Å². The minimum absolute atomic E-state index is 0.521. The molecule has 15 heavy (non-hydrogen) atoms. The lowest BCUT2D eigenvalue weighted by Gasteiger charge is -2.14. The van der Waals surface area contributed by atoms with Crippen molar-refractivity contribution in [3.8, 4) is 5.75 Å². The van der Waals surface area contributed by atoms with Crippen LogP contribution < -0.4 is 4.52 Å². The molecule has 2 nitrogen and oxygen atoms in total. The fraction of sp³-hybridized carbons (Fsp3) is 0.455. The van der Waals surface area contributed by atoms with E-state index >= 15 is 0 Å². The molecule has 0 heterocycles. The topological polar surface area (TPSA) is 18.5 Å². The normalized spacial score (nSPS) is 12.9. The molecule has 1 atom stereocenters. The highest BCUT2D eigenvalue weighted by molar-refractivity contribution is 9.38. The predicted molar refractivity (Wildman–Crippen MR) is 68.4 cm³/mol. The Kier molecular flexibility index (Phi) is 5.59. The van der Waals surface area contributed by atoms with Crippen LogP contribution >= 0.6 is 22.6 Å². The molecule has 0 saturated heterocycles. The smallest absolute Gasteiger partial charge is 0.307 e. The summed E-state index contributed by atoms with van der Waals surface area (Å²) in [7, 11) is -0.993. The standard InChI is InChI=1S/C11H16BrO2P/c1-9(2)8-13-15(12)14-11-7-5-4-6-10(11)3/h4-7,9H,8H2,1-3H3. The van der Waals surface area contributed by atoms with Gasteiger partial charge in [0, 0.05) is 15.5 Å². The van der Waals surface area contributed by atoms with E-state index < -0.39 is 7.08 Å². The van der Waals surface area contributed by atoms with Gasteiger partial charge in [0.05, 0.1) is 6.61 Å². The molecule has 0 saturated carbocycles. The monoisotopic (exact) mass is 290 g/mol. The Morgan fingerprint density at radius 1 is 1.33 bits per heavy atom. The molecular formula is C11H16BrO2P. The molecule has 0 aliphatic rings. The summed E-state index contributed by atoms with van der Waals surface area (Å²) in [4.78, 5) is 0. The summed E-state index contributed by atoms with van der Waals surface area (Å²) >= 11 is 3.40. The highest BCUT2D eigenvalue weighted by atomic mass is 79.9. The van der Waals surface area contributed by atoms with Crippen LogP contribution in [-0.4, -0.2) is 6.61 Å². The second-order valence-electron chi connectivity index (χ2n) is 3.76. The molecule has 1 aromatic rings. The second-order valence-corrected chi connectivity index (χ2v) is 6.36. The lowest BCUT2D eigenvalue weighted by molar-refractivity contribution is 0.280. The van der Waals surface area contributed by atoms with Crippen LogP contribution in [-0.2, 0) is 4.52 Å². The summed E-state index contributed by atoms with van der Waals surface area (Å²) in [5.41, 5.74) is 1.12. The van der Waals surface area contributed by atoms with Crippen molar-refractivity contribution in [3.05, 3.63) is 29.8 Å². The average Bonchev–Trinajstić information content (AvgIpc) is 2.18. The lowest BCUT2D eigenvalue weighted by Crippen LogP contribution is -1.98. The van der Waals surface area contributed by atoms with E-state index in [-0.39, 0.29) is 0 Å². The van der Waals surface area contributed by atoms with Gasteiger partial charge < -0.3 is 9.05 Å². The van der Waals surface area contributed by atoms with Crippen molar-refractivity contribution in [1.82, 2.24) is 0 Å². The minimum Gasteiger partial charge on any atom is -0.439 e. The van der Waals surface area contributed by atoms with Crippen molar-refractivity contribution >= 4 is 22.6 Å². The molecule has 0 aromatic heterocycles. The van der Waals surface area contributed by atoms with Crippen LogP contribution in [0.2, 0.25) is 0 Å². The van der Waals surface area contributed by atoms with Crippen molar-refractivity contribution in [2.45, 2.75) is 20.8 Å². The average molecular weight is 291 g/mol. The molecule has 0 aliphatic heterocycles. The number of benzene rings is 1. The highest BCUT2D eigenvalue weighted by Gasteiger charge is 2.10. The van der Waals surface area contributed by atoms with E-state index in [1.807, 2.05) is 31.2 Å². The number of hydrogen-bond acceptors (Lipinski definition) is 2. The maximum absolute atomic E-state index is 5.65. The summed E-state index contributed by atoms with van der Waals surface area (Å²) in [5.74, 6) is 1.40. The van der Waals surface area contributed by atoms with Gasteiger partial charge in [0.25, 0.3) is 0 Å². The third-order valence-corrected chi connectivity index (χ3v) is 3.51. The Bertz CT molecular complexity index is 304. The number of aryl methyl sites for hydroxylation is 1. The van der Waals surface area contributed by atoms with Gasteiger partial charge in [0.15, 0.2) is 0 Å². The van der Waals surface area contributed by atoms with Crippen LogP contribution in [0.1, 0.15) is 19.4 Å². The van der Waals surface area contributed by atoms with Crippen LogP contribution in [0.15, 0.2) is 24.3 Å². The van der Waals surface area contributed by atoms with E-state index in [2.05, 4.69) is 29.3 Å². The first-order valence-electron chi connectivity index (χ1n) is 4.92. The number of halogens is 1. The first kappa shape index (κ1) is 13.0. The van der Waals surface area contributed by atoms with Crippen LogP contribution in [0.4, 0.5) is 0 Å². The van der Waals surface area contributed by atoms with Gasteiger partial charge in [-0.05, 0) is 24.5 Å². The van der Waals surface area contributed by atoms with Crippen LogP contribution in [0.3, 0.4) is 0 Å². The summed E-state index contributed by atoms with van der Waals surface area (Å²) in [6, 6.07) is 7.92. The first-order valence-corrected chi connectivity index (χ1v) is 8.11. The fourth-order valence-corrected chi connectivity index (χ4v) is 2.62. The maximum Gasteiger partial charge on any atom is 0.307 e. The summed E-state index contributed by atoms with van der Waals surface area (Å²) in [6.07, 6.45) is 0. The molecule has 0 bridgehead atoms. The van der Waals surface area contributed by atoms with E-state index in [0.717, 1.165) is 11.3 Å². The molecule has 0 aliphatic carbocycles. The Balaban J connectivity index is 2.44. The summed E-state index contributed by atoms with van der Waals surface area (Å²) < 4.78 is 11.2. The molecule has 0 fully saturated rings. The quantitative estimate of drug-likeness (QED) is 0.734. The van der Waals surface area contributed by atoms with Crippen LogP contribution in [0.25, 0.3) is 0 Å².